The van der Waals surface area contributed by atoms with Crippen molar-refractivity contribution in [1.82, 2.24) is 0 Å². The molecule has 1 atom stereocenters. The molecule has 0 bridgehead atoms. The molecule has 30 heavy (non-hydrogen) atoms. The van der Waals surface area contributed by atoms with Crippen molar-refractivity contribution in [3.63, 3.8) is 0 Å². The van der Waals surface area contributed by atoms with Gasteiger partial charge in [0, 0.05) is 4.88 Å². The summed E-state index contributed by atoms with van der Waals surface area (Å²) in [6.07, 6.45) is 4.39. The Bertz CT molecular complexity index is 836. The number of hydrogen-bond acceptors (Lipinski definition) is 5. The number of esters is 1. The topological polar surface area (TPSA) is 55.8 Å². The van der Waals surface area contributed by atoms with Crippen molar-refractivity contribution < 1.29 is 19.4 Å². The van der Waals surface area contributed by atoms with Crippen LogP contribution >= 0.6 is 11.3 Å². The monoisotopic (exact) mass is 432 g/mol. The van der Waals surface area contributed by atoms with Crippen LogP contribution < -0.4 is 4.74 Å². The fraction of sp³-hybridized carbons (Fsp3) is 0.560. The summed E-state index contributed by atoms with van der Waals surface area (Å²) in [4.78, 5) is 13.9. The Labute approximate surface area is 185 Å². The first-order valence-corrected chi connectivity index (χ1v) is 11.7. The van der Waals surface area contributed by atoms with Gasteiger partial charge in [-0.2, -0.15) is 0 Å². The Kier molecular flexibility index (Phi) is 8.92. The quantitative estimate of drug-likeness (QED) is 0.429. The molecular weight excluding hydrogens is 396 g/mol. The van der Waals surface area contributed by atoms with Crippen LogP contribution in [0.4, 0.5) is 0 Å². The van der Waals surface area contributed by atoms with Crippen LogP contribution in [-0.2, 0) is 11.2 Å². The van der Waals surface area contributed by atoms with Crippen molar-refractivity contribution >= 4 is 17.3 Å². The first-order valence-electron chi connectivity index (χ1n) is 10.9. The second-order valence-electron chi connectivity index (χ2n) is 8.12. The number of methoxy groups -OCH3 is 1. The lowest BCUT2D eigenvalue weighted by atomic mass is 9.94. The van der Waals surface area contributed by atoms with Crippen molar-refractivity contribution in [2.75, 3.05) is 13.7 Å². The number of aryl methyl sites for hydroxylation is 3. The van der Waals surface area contributed by atoms with E-state index < -0.39 is 5.60 Å². The van der Waals surface area contributed by atoms with Gasteiger partial charge >= 0.3 is 5.97 Å². The molecule has 2 aromatic rings. The van der Waals surface area contributed by atoms with Crippen LogP contribution in [0, 0.1) is 13.8 Å². The molecule has 166 valence electrons. The molecule has 0 aliphatic rings. The molecule has 5 heteroatoms. The molecule has 0 amide bonds. The summed E-state index contributed by atoms with van der Waals surface area (Å²) in [5, 5.41) is 10.4. The van der Waals surface area contributed by atoms with Gasteiger partial charge in [-0.25, -0.2) is 4.79 Å². The Morgan fingerprint density at radius 3 is 2.40 bits per heavy atom. The molecule has 0 fully saturated rings. The van der Waals surface area contributed by atoms with Gasteiger partial charge in [0.25, 0.3) is 0 Å². The summed E-state index contributed by atoms with van der Waals surface area (Å²) >= 11 is 1.56. The third kappa shape index (κ3) is 6.08. The molecule has 0 aliphatic heterocycles. The Hall–Kier alpha value is -1.85. The van der Waals surface area contributed by atoms with Crippen LogP contribution in [0.15, 0.2) is 24.3 Å². The van der Waals surface area contributed by atoms with Crippen molar-refractivity contribution in [2.24, 2.45) is 0 Å². The maximum absolute atomic E-state index is 11.9. The molecule has 1 aromatic heterocycles. The molecule has 0 saturated carbocycles. The number of carbonyl (C=O) groups excluding carboxylic acids is 1. The van der Waals surface area contributed by atoms with Crippen LogP contribution in [0.25, 0.3) is 0 Å². The van der Waals surface area contributed by atoms with Crippen LogP contribution in [0.3, 0.4) is 0 Å². The zero-order valence-electron chi connectivity index (χ0n) is 19.2. The second kappa shape index (κ2) is 11.0. The highest BCUT2D eigenvalue weighted by Crippen LogP contribution is 2.34. The smallest absolute Gasteiger partial charge is 0.348 e. The number of thiophene rings is 1. The summed E-state index contributed by atoms with van der Waals surface area (Å²) in [5.41, 5.74) is 2.61. The molecule has 0 spiro atoms. The van der Waals surface area contributed by atoms with E-state index >= 15 is 0 Å². The van der Waals surface area contributed by atoms with Gasteiger partial charge in [-0.3, -0.25) is 0 Å². The predicted molar refractivity (Wildman–Crippen MR) is 124 cm³/mol. The van der Waals surface area contributed by atoms with Gasteiger partial charge in [0.15, 0.2) is 0 Å². The number of benzene rings is 1. The van der Waals surface area contributed by atoms with Crippen LogP contribution in [-0.4, -0.2) is 30.4 Å². The molecule has 1 N–H and O–H groups in total. The van der Waals surface area contributed by atoms with E-state index in [1.54, 1.807) is 11.3 Å². The molecule has 1 aromatic carbocycles. The molecule has 0 saturated heterocycles. The van der Waals surface area contributed by atoms with Gasteiger partial charge in [0.1, 0.15) is 17.2 Å². The molecule has 0 aliphatic carbocycles. The summed E-state index contributed by atoms with van der Waals surface area (Å²) < 4.78 is 10.8. The third-order valence-electron chi connectivity index (χ3n) is 6.04. The lowest BCUT2D eigenvalue weighted by Gasteiger charge is -2.25. The number of hydrogen-bond donors (Lipinski definition) is 1. The standard InChI is InChI=1S/C25H36O4S/c1-7-20(22-15-18(5)23(30-22)24(26)28-6)12-10-19-11-13-21(17(4)14-19)29-16-25(27,8-2)9-3/h11,13-15,20,27H,7-10,12,16H2,1-6H3. The normalized spacial score (nSPS) is 12.6. The van der Waals surface area contributed by atoms with Gasteiger partial charge in [-0.15, -0.1) is 11.3 Å². The zero-order chi connectivity index (χ0) is 22.3. The number of rotatable bonds is 11. The first kappa shape index (κ1) is 24.4. The molecule has 4 nitrogen and oxygen atoms in total. The van der Waals surface area contributed by atoms with E-state index in [0.717, 1.165) is 36.1 Å². The van der Waals surface area contributed by atoms with E-state index in [0.29, 0.717) is 30.2 Å². The van der Waals surface area contributed by atoms with Crippen molar-refractivity contribution in [3.05, 3.63) is 50.7 Å². The van der Waals surface area contributed by atoms with E-state index in [1.165, 1.54) is 17.6 Å². The summed E-state index contributed by atoms with van der Waals surface area (Å²) in [6.45, 7) is 10.5. The summed E-state index contributed by atoms with van der Waals surface area (Å²) in [5.74, 6) is 1.01. The third-order valence-corrected chi connectivity index (χ3v) is 7.42. The zero-order valence-corrected chi connectivity index (χ0v) is 20.0. The van der Waals surface area contributed by atoms with E-state index in [1.807, 2.05) is 26.8 Å². The maximum Gasteiger partial charge on any atom is 0.348 e. The van der Waals surface area contributed by atoms with Gasteiger partial charge in [0.2, 0.25) is 0 Å². The largest absolute Gasteiger partial charge is 0.490 e. The Morgan fingerprint density at radius 1 is 1.13 bits per heavy atom. The van der Waals surface area contributed by atoms with E-state index in [2.05, 4.69) is 32.0 Å². The fourth-order valence-corrected chi connectivity index (χ4v) is 4.90. The molecule has 2 rings (SSSR count). The van der Waals surface area contributed by atoms with Crippen LogP contribution in [0.5, 0.6) is 5.75 Å². The second-order valence-corrected chi connectivity index (χ2v) is 9.20. The minimum atomic E-state index is -0.763. The highest BCUT2D eigenvalue weighted by Gasteiger charge is 2.23. The fourth-order valence-electron chi connectivity index (χ4n) is 3.59. The van der Waals surface area contributed by atoms with E-state index in [4.69, 9.17) is 9.47 Å². The van der Waals surface area contributed by atoms with Crippen LogP contribution in [0.2, 0.25) is 0 Å². The number of carbonyl (C=O) groups is 1. The Morgan fingerprint density at radius 2 is 1.83 bits per heavy atom. The highest BCUT2D eigenvalue weighted by molar-refractivity contribution is 7.14. The number of ether oxygens (including phenoxy) is 2. The molecule has 1 unspecified atom stereocenters. The first-order chi connectivity index (χ1) is 14.3. The summed E-state index contributed by atoms with van der Waals surface area (Å²) in [7, 11) is 1.43. The highest BCUT2D eigenvalue weighted by atomic mass is 32.1. The minimum absolute atomic E-state index is 0.247. The van der Waals surface area contributed by atoms with E-state index in [-0.39, 0.29) is 5.97 Å². The molecular formula is C25H36O4S. The SMILES string of the molecule is CCC(CCc1ccc(OCC(O)(CC)CC)c(C)c1)c1cc(C)c(C(=O)OC)s1. The van der Waals surface area contributed by atoms with Gasteiger partial charge < -0.3 is 14.6 Å². The lowest BCUT2D eigenvalue weighted by Crippen LogP contribution is -2.34. The van der Waals surface area contributed by atoms with Crippen molar-refractivity contribution in [3.8, 4) is 5.75 Å². The van der Waals surface area contributed by atoms with Crippen LogP contribution in [0.1, 0.15) is 83.6 Å². The van der Waals surface area contributed by atoms with Gasteiger partial charge in [-0.05, 0) is 80.7 Å². The minimum Gasteiger partial charge on any atom is -0.490 e. The maximum atomic E-state index is 11.9. The number of aliphatic hydroxyl groups is 1. The van der Waals surface area contributed by atoms with Gasteiger partial charge in [-0.1, -0.05) is 32.9 Å². The van der Waals surface area contributed by atoms with Crippen molar-refractivity contribution in [1.29, 1.82) is 0 Å². The molecule has 1 heterocycles. The summed E-state index contributed by atoms with van der Waals surface area (Å²) in [6, 6.07) is 8.45. The van der Waals surface area contributed by atoms with E-state index in [9.17, 15) is 9.90 Å². The predicted octanol–water partition coefficient (Wildman–Crippen LogP) is 6.21. The molecule has 0 radical (unpaired) electrons. The average molecular weight is 433 g/mol. The lowest BCUT2D eigenvalue weighted by molar-refractivity contribution is -0.0115. The van der Waals surface area contributed by atoms with Crippen molar-refractivity contribution in [2.45, 2.75) is 78.2 Å². The average Bonchev–Trinajstić information content (AvgIpc) is 3.14. The van der Waals surface area contributed by atoms with Gasteiger partial charge in [0.05, 0.1) is 12.7 Å². The Balaban J connectivity index is 2.02.